The molecule has 0 aliphatic heterocycles. The van der Waals surface area contributed by atoms with Gasteiger partial charge >= 0.3 is 0 Å². The molecule has 1 rings (SSSR count). The lowest BCUT2D eigenvalue weighted by Crippen LogP contribution is -1.89. The molecule has 0 saturated carbocycles. The molecule has 1 aliphatic rings. The van der Waals surface area contributed by atoms with Crippen LogP contribution in [0.3, 0.4) is 0 Å². The SMILES string of the molecule is CC1=C(C)[C@@H](C)C(I)=C1C. The van der Waals surface area contributed by atoms with Crippen LogP contribution in [0.1, 0.15) is 27.7 Å². The van der Waals surface area contributed by atoms with Crippen molar-refractivity contribution in [1.29, 1.82) is 0 Å². The Hall–Kier alpha value is 0.210. The third-order valence-electron chi connectivity index (χ3n) is 2.54. The number of hydrogen-bond donors (Lipinski definition) is 0. The van der Waals surface area contributed by atoms with Gasteiger partial charge in [0.05, 0.1) is 0 Å². The van der Waals surface area contributed by atoms with Gasteiger partial charge in [0.25, 0.3) is 0 Å². The molecular weight excluding hydrogens is 235 g/mol. The zero-order valence-corrected chi connectivity index (χ0v) is 9.11. The number of allylic oxidation sites excluding steroid dienone is 4. The summed E-state index contributed by atoms with van der Waals surface area (Å²) in [7, 11) is 0. The molecule has 0 fully saturated rings. The minimum Gasteiger partial charge on any atom is -0.0624 e. The van der Waals surface area contributed by atoms with Crippen molar-refractivity contribution in [3.05, 3.63) is 20.3 Å². The first kappa shape index (κ1) is 8.31. The summed E-state index contributed by atoms with van der Waals surface area (Å²) in [5, 5.41) is 0. The summed E-state index contributed by atoms with van der Waals surface area (Å²) in [5.41, 5.74) is 4.53. The van der Waals surface area contributed by atoms with E-state index in [9.17, 15) is 0 Å². The van der Waals surface area contributed by atoms with Crippen molar-refractivity contribution >= 4 is 22.6 Å². The fourth-order valence-electron chi connectivity index (χ4n) is 1.31. The predicted molar refractivity (Wildman–Crippen MR) is 54.3 cm³/mol. The average Bonchev–Trinajstić information content (AvgIpc) is 2.07. The Morgan fingerprint density at radius 2 is 1.60 bits per heavy atom. The first-order chi connectivity index (χ1) is 4.55. The molecule has 0 bridgehead atoms. The van der Waals surface area contributed by atoms with Crippen LogP contribution in [-0.4, -0.2) is 0 Å². The smallest absolute Gasteiger partial charge is 0.00836 e. The van der Waals surface area contributed by atoms with Gasteiger partial charge in [0.2, 0.25) is 0 Å². The summed E-state index contributed by atoms with van der Waals surface area (Å²) in [4.78, 5) is 0. The molecule has 0 aromatic heterocycles. The topological polar surface area (TPSA) is 0 Å². The quantitative estimate of drug-likeness (QED) is 0.573. The highest BCUT2D eigenvalue weighted by molar-refractivity contribution is 14.1. The van der Waals surface area contributed by atoms with Crippen molar-refractivity contribution in [1.82, 2.24) is 0 Å². The molecule has 0 nitrogen and oxygen atoms in total. The molecule has 10 heavy (non-hydrogen) atoms. The zero-order chi connectivity index (χ0) is 7.89. The first-order valence-corrected chi connectivity index (χ1v) is 4.67. The molecular formula is C9H13I. The van der Waals surface area contributed by atoms with Gasteiger partial charge in [-0.2, -0.15) is 0 Å². The zero-order valence-electron chi connectivity index (χ0n) is 6.96. The highest BCUT2D eigenvalue weighted by Crippen LogP contribution is 2.39. The molecule has 1 atom stereocenters. The average molecular weight is 248 g/mol. The van der Waals surface area contributed by atoms with E-state index in [0.717, 1.165) is 0 Å². The third kappa shape index (κ3) is 1.04. The largest absolute Gasteiger partial charge is 0.0624 e. The van der Waals surface area contributed by atoms with E-state index in [1.54, 1.807) is 5.57 Å². The summed E-state index contributed by atoms with van der Waals surface area (Å²) < 4.78 is 1.52. The summed E-state index contributed by atoms with van der Waals surface area (Å²) in [6.45, 7) is 8.93. The maximum Gasteiger partial charge on any atom is 0.00836 e. The summed E-state index contributed by atoms with van der Waals surface area (Å²) >= 11 is 2.45. The predicted octanol–water partition coefficient (Wildman–Crippen LogP) is 3.68. The van der Waals surface area contributed by atoms with E-state index in [4.69, 9.17) is 0 Å². The van der Waals surface area contributed by atoms with Crippen molar-refractivity contribution in [2.75, 3.05) is 0 Å². The standard InChI is InChI=1S/C9H13I/c1-5-6(2)8(4)9(10)7(5)3/h7H,1-4H3/t7-/m1/s1. The molecule has 0 spiro atoms. The molecule has 0 unspecified atom stereocenters. The Labute approximate surface area is 76.5 Å². The van der Waals surface area contributed by atoms with Gasteiger partial charge in [-0.15, -0.1) is 0 Å². The lowest BCUT2D eigenvalue weighted by Gasteiger charge is -2.03. The minimum atomic E-state index is 0.681. The van der Waals surface area contributed by atoms with E-state index in [2.05, 4.69) is 50.3 Å². The minimum absolute atomic E-state index is 0.681. The van der Waals surface area contributed by atoms with Crippen LogP contribution in [0.4, 0.5) is 0 Å². The molecule has 0 aromatic rings. The highest BCUT2D eigenvalue weighted by Gasteiger charge is 2.20. The van der Waals surface area contributed by atoms with Gasteiger partial charge in [0.15, 0.2) is 0 Å². The van der Waals surface area contributed by atoms with Crippen molar-refractivity contribution in [2.45, 2.75) is 27.7 Å². The third-order valence-corrected chi connectivity index (χ3v) is 4.29. The molecule has 56 valence electrons. The van der Waals surface area contributed by atoms with E-state index in [1.807, 2.05) is 0 Å². The number of rotatable bonds is 0. The molecule has 1 heteroatoms. The number of hydrogen-bond acceptors (Lipinski definition) is 0. The van der Waals surface area contributed by atoms with E-state index in [1.165, 1.54) is 14.7 Å². The lowest BCUT2D eigenvalue weighted by atomic mass is 10.1. The second-order valence-corrected chi connectivity index (χ2v) is 4.16. The molecule has 0 aromatic carbocycles. The van der Waals surface area contributed by atoms with Gasteiger partial charge in [-0.25, -0.2) is 0 Å². The van der Waals surface area contributed by atoms with Gasteiger partial charge in [-0.1, -0.05) is 12.5 Å². The van der Waals surface area contributed by atoms with Crippen molar-refractivity contribution in [3.63, 3.8) is 0 Å². The van der Waals surface area contributed by atoms with Crippen LogP contribution in [0.5, 0.6) is 0 Å². The fraction of sp³-hybridized carbons (Fsp3) is 0.556. The second-order valence-electron chi connectivity index (χ2n) is 3.00. The van der Waals surface area contributed by atoms with Crippen LogP contribution in [0.15, 0.2) is 20.3 Å². The van der Waals surface area contributed by atoms with Crippen LogP contribution in [0.2, 0.25) is 0 Å². The number of halogens is 1. The molecule has 0 saturated heterocycles. The molecule has 0 heterocycles. The van der Waals surface area contributed by atoms with Crippen LogP contribution >= 0.6 is 22.6 Å². The Morgan fingerprint density at radius 3 is 1.70 bits per heavy atom. The van der Waals surface area contributed by atoms with E-state index in [0.29, 0.717) is 5.92 Å². The van der Waals surface area contributed by atoms with Crippen LogP contribution in [-0.2, 0) is 0 Å². The van der Waals surface area contributed by atoms with Crippen LogP contribution < -0.4 is 0 Å². The van der Waals surface area contributed by atoms with Gasteiger partial charge in [-0.3, -0.25) is 0 Å². The van der Waals surface area contributed by atoms with E-state index < -0.39 is 0 Å². The van der Waals surface area contributed by atoms with Crippen LogP contribution in [0, 0.1) is 5.92 Å². The van der Waals surface area contributed by atoms with Gasteiger partial charge in [0, 0.05) is 9.50 Å². The van der Waals surface area contributed by atoms with Gasteiger partial charge in [0.1, 0.15) is 0 Å². The molecule has 0 amide bonds. The van der Waals surface area contributed by atoms with Crippen molar-refractivity contribution in [3.8, 4) is 0 Å². The summed E-state index contributed by atoms with van der Waals surface area (Å²) in [5.74, 6) is 0.681. The van der Waals surface area contributed by atoms with Gasteiger partial charge < -0.3 is 0 Å². The maximum atomic E-state index is 2.45. The summed E-state index contributed by atoms with van der Waals surface area (Å²) in [6, 6.07) is 0. The Bertz CT molecular complexity index is 197. The Morgan fingerprint density at radius 1 is 1.10 bits per heavy atom. The Kier molecular flexibility index (Phi) is 2.23. The molecule has 0 radical (unpaired) electrons. The lowest BCUT2D eigenvalue weighted by molar-refractivity contribution is 0.869. The monoisotopic (exact) mass is 248 g/mol. The first-order valence-electron chi connectivity index (χ1n) is 3.59. The van der Waals surface area contributed by atoms with Crippen molar-refractivity contribution < 1.29 is 0 Å². The molecule has 0 N–H and O–H groups in total. The van der Waals surface area contributed by atoms with Gasteiger partial charge in [-0.05, 0) is 54.5 Å². The maximum absolute atomic E-state index is 2.45. The fourth-order valence-corrected chi connectivity index (χ4v) is 2.19. The van der Waals surface area contributed by atoms with E-state index >= 15 is 0 Å². The highest BCUT2D eigenvalue weighted by atomic mass is 127. The molecule has 1 aliphatic carbocycles. The van der Waals surface area contributed by atoms with Crippen LogP contribution in [0.25, 0.3) is 0 Å². The second kappa shape index (κ2) is 2.68. The van der Waals surface area contributed by atoms with E-state index in [-0.39, 0.29) is 0 Å². The normalized spacial score (nSPS) is 26.7. The van der Waals surface area contributed by atoms with Crippen molar-refractivity contribution in [2.24, 2.45) is 5.92 Å². The summed E-state index contributed by atoms with van der Waals surface area (Å²) in [6.07, 6.45) is 0. The Balaban J connectivity index is 3.09.